The van der Waals surface area contributed by atoms with Crippen molar-refractivity contribution in [2.45, 2.75) is 26.8 Å². The molecule has 1 amide bonds. The third-order valence-electron chi connectivity index (χ3n) is 2.99. The first kappa shape index (κ1) is 12.4. The number of amides is 1. The molecule has 0 bridgehead atoms. The second-order valence-corrected chi connectivity index (χ2v) is 4.40. The third-order valence-corrected chi connectivity index (χ3v) is 2.99. The molecule has 0 fully saturated rings. The molecule has 0 saturated carbocycles. The summed E-state index contributed by atoms with van der Waals surface area (Å²) in [5.41, 5.74) is 8.74. The second kappa shape index (κ2) is 4.68. The van der Waals surface area contributed by atoms with E-state index in [1.165, 1.54) is 0 Å². The van der Waals surface area contributed by atoms with Gasteiger partial charge in [-0.15, -0.1) is 0 Å². The van der Waals surface area contributed by atoms with Crippen molar-refractivity contribution in [3.8, 4) is 0 Å². The topological polar surface area (TPSA) is 72.9 Å². The van der Waals surface area contributed by atoms with E-state index >= 15 is 0 Å². The number of carbonyl (C=O) groups excluding carboxylic acids is 1. The molecule has 0 saturated heterocycles. The van der Waals surface area contributed by atoms with E-state index < -0.39 is 0 Å². The number of imidazole rings is 1. The van der Waals surface area contributed by atoms with Crippen molar-refractivity contribution in [1.29, 1.82) is 0 Å². The number of nitrogen functional groups attached to an aromatic ring is 1. The van der Waals surface area contributed by atoms with E-state index in [4.69, 9.17) is 5.73 Å². The highest BCUT2D eigenvalue weighted by atomic mass is 16.2. The van der Waals surface area contributed by atoms with Gasteiger partial charge < -0.3 is 11.1 Å². The first-order chi connectivity index (χ1) is 8.54. The quantitative estimate of drug-likeness (QED) is 0.864. The molecule has 2 rings (SSSR count). The molecule has 5 nitrogen and oxygen atoms in total. The average Bonchev–Trinajstić information content (AvgIpc) is 2.63. The van der Waals surface area contributed by atoms with Crippen LogP contribution in [-0.2, 0) is 4.79 Å². The summed E-state index contributed by atoms with van der Waals surface area (Å²) in [6.07, 6.45) is 0. The van der Waals surface area contributed by atoms with Crippen molar-refractivity contribution < 1.29 is 4.79 Å². The molecule has 0 spiro atoms. The number of aromatic nitrogens is 2. The van der Waals surface area contributed by atoms with Gasteiger partial charge in [0.25, 0.3) is 0 Å². The van der Waals surface area contributed by atoms with E-state index in [0.717, 1.165) is 16.6 Å². The lowest BCUT2D eigenvalue weighted by Gasteiger charge is -2.15. The number of fused-ring (bicyclic) bond motifs is 1. The van der Waals surface area contributed by atoms with Crippen LogP contribution >= 0.6 is 0 Å². The van der Waals surface area contributed by atoms with Gasteiger partial charge in [0, 0.05) is 6.54 Å². The van der Waals surface area contributed by atoms with Crippen LogP contribution in [0.2, 0.25) is 0 Å². The number of carbonyl (C=O) groups is 1. The fourth-order valence-electron chi connectivity index (χ4n) is 2.07. The number of hydrogen-bond donors (Lipinski definition) is 2. The molecule has 18 heavy (non-hydrogen) atoms. The molecule has 1 unspecified atom stereocenters. The maximum absolute atomic E-state index is 11.9. The molecule has 3 N–H and O–H groups in total. The van der Waals surface area contributed by atoms with Crippen molar-refractivity contribution in [2.24, 2.45) is 0 Å². The Kier molecular flexibility index (Phi) is 3.23. The van der Waals surface area contributed by atoms with Gasteiger partial charge in [0.1, 0.15) is 6.04 Å². The molecular formula is C13H18N4O. The van der Waals surface area contributed by atoms with Crippen LogP contribution in [0.3, 0.4) is 0 Å². The maximum Gasteiger partial charge on any atom is 0.242 e. The molecule has 5 heteroatoms. The van der Waals surface area contributed by atoms with Gasteiger partial charge in [-0.25, -0.2) is 4.98 Å². The van der Waals surface area contributed by atoms with Crippen molar-refractivity contribution in [3.63, 3.8) is 0 Å². The molecule has 0 aliphatic rings. The normalized spacial score (nSPS) is 12.6. The van der Waals surface area contributed by atoms with Crippen molar-refractivity contribution in [2.75, 3.05) is 12.3 Å². The van der Waals surface area contributed by atoms with E-state index in [0.29, 0.717) is 12.5 Å². The number of nitrogens with two attached hydrogens (primary N) is 1. The number of anilines is 1. The van der Waals surface area contributed by atoms with Crippen LogP contribution in [0.15, 0.2) is 18.2 Å². The van der Waals surface area contributed by atoms with Crippen LogP contribution < -0.4 is 11.1 Å². The van der Waals surface area contributed by atoms with Crippen LogP contribution in [0, 0.1) is 6.92 Å². The first-order valence-corrected chi connectivity index (χ1v) is 6.06. The molecule has 0 radical (unpaired) electrons. The zero-order valence-corrected chi connectivity index (χ0v) is 10.9. The number of aryl methyl sites for hydroxylation is 1. The van der Waals surface area contributed by atoms with E-state index in [9.17, 15) is 4.79 Å². The Morgan fingerprint density at radius 2 is 2.28 bits per heavy atom. The lowest BCUT2D eigenvalue weighted by atomic mass is 10.2. The SMILES string of the molecule is CCNC(=O)C(C)n1c(N)nc2cc(C)ccc21. The number of nitrogens with zero attached hydrogens (tertiary/aromatic N) is 2. The summed E-state index contributed by atoms with van der Waals surface area (Å²) < 4.78 is 1.76. The lowest BCUT2D eigenvalue weighted by Crippen LogP contribution is -2.31. The molecule has 1 aromatic heterocycles. The van der Waals surface area contributed by atoms with Crippen LogP contribution in [-0.4, -0.2) is 22.0 Å². The van der Waals surface area contributed by atoms with Gasteiger partial charge in [-0.3, -0.25) is 9.36 Å². The van der Waals surface area contributed by atoms with Crippen molar-refractivity contribution in [1.82, 2.24) is 14.9 Å². The van der Waals surface area contributed by atoms with Gasteiger partial charge in [0.15, 0.2) is 0 Å². The number of benzene rings is 1. The zero-order chi connectivity index (χ0) is 13.3. The molecule has 1 aromatic carbocycles. The Bertz CT molecular complexity index is 588. The highest BCUT2D eigenvalue weighted by Crippen LogP contribution is 2.23. The predicted molar refractivity (Wildman–Crippen MR) is 72.3 cm³/mol. The molecule has 0 aliphatic carbocycles. The highest BCUT2D eigenvalue weighted by molar-refractivity contribution is 5.85. The van der Waals surface area contributed by atoms with Crippen LogP contribution in [0.1, 0.15) is 25.5 Å². The summed E-state index contributed by atoms with van der Waals surface area (Å²) in [7, 11) is 0. The molecular weight excluding hydrogens is 228 g/mol. The van der Waals surface area contributed by atoms with Crippen molar-refractivity contribution in [3.05, 3.63) is 23.8 Å². The molecule has 0 aliphatic heterocycles. The summed E-state index contributed by atoms with van der Waals surface area (Å²) in [6, 6.07) is 5.54. The summed E-state index contributed by atoms with van der Waals surface area (Å²) >= 11 is 0. The fraction of sp³-hybridized carbons (Fsp3) is 0.385. The van der Waals surface area contributed by atoms with Gasteiger partial charge >= 0.3 is 0 Å². The highest BCUT2D eigenvalue weighted by Gasteiger charge is 2.19. The van der Waals surface area contributed by atoms with E-state index in [-0.39, 0.29) is 11.9 Å². The van der Waals surface area contributed by atoms with Crippen molar-refractivity contribution >= 4 is 22.9 Å². The minimum absolute atomic E-state index is 0.0518. The Morgan fingerprint density at radius 1 is 1.56 bits per heavy atom. The minimum Gasteiger partial charge on any atom is -0.369 e. The molecule has 1 heterocycles. The Hall–Kier alpha value is -2.04. The summed E-state index contributed by atoms with van der Waals surface area (Å²) in [6.45, 7) is 6.32. The standard InChI is InChI=1S/C13H18N4O/c1-4-15-12(18)9(3)17-11-6-5-8(2)7-10(11)16-13(17)14/h5-7,9H,4H2,1-3H3,(H2,14,16)(H,15,18). The average molecular weight is 246 g/mol. The zero-order valence-electron chi connectivity index (χ0n) is 10.9. The number of nitrogens with one attached hydrogen (secondary N) is 1. The van der Waals surface area contributed by atoms with E-state index in [1.54, 1.807) is 4.57 Å². The number of hydrogen-bond acceptors (Lipinski definition) is 3. The maximum atomic E-state index is 11.9. The molecule has 96 valence electrons. The Balaban J connectivity index is 2.50. The first-order valence-electron chi connectivity index (χ1n) is 6.06. The predicted octanol–water partition coefficient (Wildman–Crippen LogP) is 1.62. The minimum atomic E-state index is -0.363. The smallest absolute Gasteiger partial charge is 0.242 e. The largest absolute Gasteiger partial charge is 0.369 e. The summed E-state index contributed by atoms with van der Waals surface area (Å²) in [4.78, 5) is 16.2. The van der Waals surface area contributed by atoms with Crippen LogP contribution in [0.5, 0.6) is 0 Å². The summed E-state index contributed by atoms with van der Waals surface area (Å²) in [5.74, 6) is 0.318. The monoisotopic (exact) mass is 246 g/mol. The van der Waals surface area contributed by atoms with Gasteiger partial charge in [0.05, 0.1) is 11.0 Å². The third kappa shape index (κ3) is 2.03. The lowest BCUT2D eigenvalue weighted by molar-refractivity contribution is -0.123. The number of likely N-dealkylation sites (N-methyl/N-ethyl adjacent to an activating group) is 1. The fourth-order valence-corrected chi connectivity index (χ4v) is 2.07. The van der Waals surface area contributed by atoms with Gasteiger partial charge in [-0.05, 0) is 38.5 Å². The van der Waals surface area contributed by atoms with Gasteiger partial charge in [-0.1, -0.05) is 6.07 Å². The number of rotatable bonds is 3. The van der Waals surface area contributed by atoms with Gasteiger partial charge in [0.2, 0.25) is 11.9 Å². The van der Waals surface area contributed by atoms with E-state index in [1.807, 2.05) is 39.0 Å². The Labute approximate surface area is 106 Å². The van der Waals surface area contributed by atoms with E-state index in [2.05, 4.69) is 10.3 Å². The van der Waals surface area contributed by atoms with Crippen LogP contribution in [0.4, 0.5) is 5.95 Å². The molecule has 1 atom stereocenters. The summed E-state index contributed by atoms with van der Waals surface area (Å²) in [5, 5.41) is 2.79. The van der Waals surface area contributed by atoms with Gasteiger partial charge in [-0.2, -0.15) is 0 Å². The Morgan fingerprint density at radius 3 is 2.94 bits per heavy atom. The molecule has 2 aromatic rings. The second-order valence-electron chi connectivity index (χ2n) is 4.40. The van der Waals surface area contributed by atoms with Crippen LogP contribution in [0.25, 0.3) is 11.0 Å².